The van der Waals surface area contributed by atoms with E-state index in [9.17, 15) is 9.59 Å². The molecule has 2 N–H and O–H groups in total. The van der Waals surface area contributed by atoms with E-state index in [0.717, 1.165) is 29.8 Å². The van der Waals surface area contributed by atoms with Gasteiger partial charge in [0.2, 0.25) is 0 Å². The molecule has 41 heavy (non-hydrogen) atoms. The number of nitrogens with zero attached hydrogens (tertiary/aromatic N) is 2. The summed E-state index contributed by atoms with van der Waals surface area (Å²) in [6.45, 7) is 2.73. The van der Waals surface area contributed by atoms with Crippen molar-refractivity contribution in [2.24, 2.45) is 0 Å². The average molecular weight is 565 g/mol. The summed E-state index contributed by atoms with van der Waals surface area (Å²) in [6, 6.07) is 14.8. The summed E-state index contributed by atoms with van der Waals surface area (Å²) < 4.78 is 2.40. The zero-order chi connectivity index (χ0) is 28.0. The lowest BCUT2D eigenvalue weighted by atomic mass is 9.81. The van der Waals surface area contributed by atoms with E-state index in [1.807, 2.05) is 19.1 Å². The molecule has 4 aromatic rings. The molecule has 0 saturated heterocycles. The molecule has 0 radical (unpaired) electrons. The van der Waals surface area contributed by atoms with Crippen molar-refractivity contribution < 1.29 is 9.59 Å². The minimum Gasteiger partial charge on any atom is -0.338 e. The molecule has 2 fully saturated rings. The number of aromatic nitrogens is 2. The van der Waals surface area contributed by atoms with E-state index in [0.29, 0.717) is 29.5 Å². The number of hydrogen-bond donors (Lipinski definition) is 2. The molecule has 2 aliphatic carbocycles. The van der Waals surface area contributed by atoms with E-state index < -0.39 is 5.54 Å². The molecule has 1 aliphatic heterocycles. The first-order valence-electron chi connectivity index (χ1n) is 15.0. The Hall–Kier alpha value is -3.71. The maximum Gasteiger partial charge on any atom is 0.252 e. The highest BCUT2D eigenvalue weighted by Crippen LogP contribution is 2.46. The van der Waals surface area contributed by atoms with Gasteiger partial charge in [0.1, 0.15) is 5.54 Å². The summed E-state index contributed by atoms with van der Waals surface area (Å²) in [5.74, 6) is 0.156. The van der Waals surface area contributed by atoms with Crippen molar-refractivity contribution in [3.8, 4) is 11.3 Å². The van der Waals surface area contributed by atoms with Crippen molar-refractivity contribution in [3.05, 3.63) is 76.3 Å². The van der Waals surface area contributed by atoms with Gasteiger partial charge < -0.3 is 9.88 Å². The molecule has 210 valence electrons. The summed E-state index contributed by atoms with van der Waals surface area (Å²) in [5.41, 5.74) is 6.02. The van der Waals surface area contributed by atoms with Crippen LogP contribution in [0, 0.1) is 6.92 Å². The van der Waals surface area contributed by atoms with Crippen LogP contribution in [0.1, 0.15) is 90.1 Å². The van der Waals surface area contributed by atoms with Crippen molar-refractivity contribution in [1.29, 1.82) is 0 Å². The number of fused-ring (bicyclic) bond motifs is 5. The lowest BCUT2D eigenvalue weighted by molar-refractivity contribution is -0.122. The normalized spacial score (nSPS) is 18.1. The van der Waals surface area contributed by atoms with E-state index in [-0.39, 0.29) is 11.8 Å². The SMILES string of the molecule is Cc1cnc(NC(=O)C2(NC(=O)c3ccc4c(C5CCCCC5)c5n(c4c3)CC=Cc3ccccc3-5)CCCC2)s1. The minimum atomic E-state index is -0.920. The topological polar surface area (TPSA) is 76.0 Å². The Morgan fingerprint density at radius 2 is 1.83 bits per heavy atom. The van der Waals surface area contributed by atoms with E-state index in [1.165, 1.54) is 71.2 Å². The molecule has 2 aromatic heterocycles. The van der Waals surface area contributed by atoms with Crippen LogP contribution in [0.15, 0.2) is 54.7 Å². The lowest BCUT2D eigenvalue weighted by Crippen LogP contribution is -2.55. The molecule has 0 unspecified atom stereocenters. The molecular formula is C34H36N4O2S. The number of thiazole rings is 1. The smallest absolute Gasteiger partial charge is 0.252 e. The Labute approximate surface area is 244 Å². The fraction of sp³-hybridized carbons (Fsp3) is 0.382. The van der Waals surface area contributed by atoms with Crippen LogP contribution in [-0.2, 0) is 11.3 Å². The first-order valence-corrected chi connectivity index (χ1v) is 15.8. The minimum absolute atomic E-state index is 0.170. The Morgan fingerprint density at radius 3 is 2.61 bits per heavy atom. The number of benzene rings is 2. The lowest BCUT2D eigenvalue weighted by Gasteiger charge is -2.28. The predicted octanol–water partition coefficient (Wildman–Crippen LogP) is 7.83. The maximum atomic E-state index is 13.8. The van der Waals surface area contributed by atoms with Gasteiger partial charge in [0.25, 0.3) is 11.8 Å². The van der Waals surface area contributed by atoms with E-state index in [2.05, 4.69) is 62.7 Å². The van der Waals surface area contributed by atoms with Gasteiger partial charge in [-0.2, -0.15) is 0 Å². The number of amides is 2. The van der Waals surface area contributed by atoms with E-state index >= 15 is 0 Å². The van der Waals surface area contributed by atoms with Gasteiger partial charge in [-0.05, 0) is 61.8 Å². The maximum absolute atomic E-state index is 13.8. The predicted molar refractivity (Wildman–Crippen MR) is 166 cm³/mol. The number of hydrogen-bond acceptors (Lipinski definition) is 4. The van der Waals surface area contributed by atoms with Crippen molar-refractivity contribution in [1.82, 2.24) is 14.9 Å². The third kappa shape index (κ3) is 4.70. The highest BCUT2D eigenvalue weighted by molar-refractivity contribution is 7.15. The molecule has 6 nitrogen and oxygen atoms in total. The Balaban J connectivity index is 1.27. The number of carbonyl (C=O) groups is 2. The number of carbonyl (C=O) groups excluding carboxylic acids is 2. The Kier molecular flexibility index (Phi) is 6.78. The third-order valence-corrected chi connectivity index (χ3v) is 10.1. The van der Waals surface area contributed by atoms with Gasteiger partial charge in [-0.25, -0.2) is 4.98 Å². The fourth-order valence-electron chi connectivity index (χ4n) is 7.25. The standard InChI is InChI=1S/C34H36N4O2S/c1-22-21-35-33(41-22)36-32(40)34(17-7-8-18-34)37-31(39)25-15-16-27-28(20-25)38-19-9-13-23-10-5-6-14-26(23)30(38)29(27)24-11-3-2-4-12-24/h5-6,9-10,13-16,20-21,24H,2-4,7-8,11-12,17-19H2,1H3,(H,37,39)(H,35,36,40). The van der Waals surface area contributed by atoms with Crippen LogP contribution in [0.3, 0.4) is 0 Å². The van der Waals surface area contributed by atoms with Crippen molar-refractivity contribution >= 4 is 45.3 Å². The number of anilines is 1. The highest BCUT2D eigenvalue weighted by Gasteiger charge is 2.43. The highest BCUT2D eigenvalue weighted by atomic mass is 32.1. The van der Waals surface area contributed by atoms with Gasteiger partial charge in [-0.15, -0.1) is 11.3 Å². The monoisotopic (exact) mass is 564 g/mol. The van der Waals surface area contributed by atoms with Gasteiger partial charge in [-0.1, -0.05) is 74.6 Å². The Morgan fingerprint density at radius 1 is 1.02 bits per heavy atom. The molecule has 0 spiro atoms. The number of rotatable bonds is 5. The number of allylic oxidation sites excluding steroid dienone is 1. The molecule has 2 aromatic carbocycles. The third-order valence-electron chi connectivity index (χ3n) is 9.27. The second-order valence-electron chi connectivity index (χ2n) is 11.9. The largest absolute Gasteiger partial charge is 0.338 e. The van der Waals surface area contributed by atoms with Crippen molar-refractivity contribution in [2.45, 2.75) is 82.7 Å². The molecule has 2 saturated carbocycles. The zero-order valence-corrected chi connectivity index (χ0v) is 24.4. The molecule has 7 heteroatoms. The van der Waals surface area contributed by atoms with Gasteiger partial charge in [0, 0.05) is 39.6 Å². The summed E-state index contributed by atoms with van der Waals surface area (Å²) in [5, 5.41) is 7.98. The Bertz CT molecular complexity index is 1670. The van der Waals surface area contributed by atoms with Crippen LogP contribution in [0.2, 0.25) is 0 Å². The average Bonchev–Trinajstić information content (AvgIpc) is 3.68. The first kappa shape index (κ1) is 26.2. The molecular weight excluding hydrogens is 528 g/mol. The fourth-order valence-corrected chi connectivity index (χ4v) is 7.91. The van der Waals surface area contributed by atoms with Crippen LogP contribution >= 0.6 is 11.3 Å². The molecule has 0 bridgehead atoms. The number of nitrogens with one attached hydrogen (secondary N) is 2. The second-order valence-corrected chi connectivity index (χ2v) is 13.1. The van der Waals surface area contributed by atoms with Gasteiger partial charge in [0.05, 0.1) is 5.69 Å². The van der Waals surface area contributed by atoms with Gasteiger partial charge in [0.15, 0.2) is 5.13 Å². The van der Waals surface area contributed by atoms with Crippen LogP contribution in [0.4, 0.5) is 5.13 Å². The molecule has 3 aliphatic rings. The molecule has 7 rings (SSSR count). The molecule has 2 amide bonds. The summed E-state index contributed by atoms with van der Waals surface area (Å²) in [4.78, 5) is 32.6. The van der Waals surface area contributed by atoms with Crippen molar-refractivity contribution in [3.63, 3.8) is 0 Å². The van der Waals surface area contributed by atoms with Crippen molar-refractivity contribution in [2.75, 3.05) is 5.32 Å². The van der Waals surface area contributed by atoms with E-state index in [1.54, 1.807) is 6.20 Å². The van der Waals surface area contributed by atoms with E-state index in [4.69, 9.17) is 0 Å². The first-order chi connectivity index (χ1) is 20.0. The van der Waals surface area contributed by atoms with Crippen LogP contribution < -0.4 is 10.6 Å². The zero-order valence-electron chi connectivity index (χ0n) is 23.5. The summed E-state index contributed by atoms with van der Waals surface area (Å²) in [7, 11) is 0. The van der Waals surface area contributed by atoms with Crippen LogP contribution in [0.25, 0.3) is 28.2 Å². The van der Waals surface area contributed by atoms with Crippen LogP contribution in [-0.4, -0.2) is 26.9 Å². The molecule has 3 heterocycles. The van der Waals surface area contributed by atoms with Gasteiger partial charge in [-0.3, -0.25) is 14.9 Å². The van der Waals surface area contributed by atoms with Crippen LogP contribution in [0.5, 0.6) is 0 Å². The second kappa shape index (κ2) is 10.6. The summed E-state index contributed by atoms with van der Waals surface area (Å²) in [6.07, 6.45) is 15.5. The quantitative estimate of drug-likeness (QED) is 0.259. The van der Waals surface area contributed by atoms with Gasteiger partial charge >= 0.3 is 0 Å². The summed E-state index contributed by atoms with van der Waals surface area (Å²) >= 11 is 1.45. The number of aryl methyl sites for hydroxylation is 1. The molecule has 0 atom stereocenters.